The summed E-state index contributed by atoms with van der Waals surface area (Å²) in [5, 5.41) is 11.4. The largest absolute Gasteiger partial charge is 0.399 e. The topological polar surface area (TPSA) is 61.8 Å². The van der Waals surface area contributed by atoms with Crippen molar-refractivity contribution in [3.63, 3.8) is 0 Å². The lowest BCUT2D eigenvalue weighted by Gasteiger charge is -2.17. The number of nitrogens with zero attached hydrogens (tertiary/aromatic N) is 1. The number of nitrogens with one attached hydrogen (secondary N) is 1. The molecule has 1 atom stereocenters. The third kappa shape index (κ3) is 2.86. The van der Waals surface area contributed by atoms with Gasteiger partial charge in [-0.1, -0.05) is 12.1 Å². The number of nitrogens with two attached hydrogens (primary N) is 1. The molecule has 0 bridgehead atoms. The van der Waals surface area contributed by atoms with Crippen molar-refractivity contribution >= 4 is 11.4 Å². The van der Waals surface area contributed by atoms with Gasteiger partial charge in [-0.2, -0.15) is 5.26 Å². The summed E-state index contributed by atoms with van der Waals surface area (Å²) in [6, 6.07) is 10.4. The predicted octanol–water partition coefficient (Wildman–Crippen LogP) is 3.59. The first-order valence-electron chi connectivity index (χ1n) is 6.02. The Bertz CT molecular complexity index is 654. The van der Waals surface area contributed by atoms with Crippen LogP contribution in [0.2, 0.25) is 0 Å². The van der Waals surface area contributed by atoms with E-state index in [9.17, 15) is 8.78 Å². The zero-order valence-electron chi connectivity index (χ0n) is 10.8. The molecule has 0 aliphatic rings. The average Bonchev–Trinajstić information content (AvgIpc) is 2.42. The van der Waals surface area contributed by atoms with Crippen LogP contribution in [0, 0.1) is 23.0 Å². The molecule has 3 nitrogen and oxygen atoms in total. The Morgan fingerprint density at radius 1 is 1.20 bits per heavy atom. The Kier molecular flexibility index (Phi) is 3.85. The number of rotatable bonds is 3. The van der Waals surface area contributed by atoms with Crippen LogP contribution in [0.15, 0.2) is 36.4 Å². The number of benzene rings is 2. The second-order valence-electron chi connectivity index (χ2n) is 4.46. The van der Waals surface area contributed by atoms with E-state index in [2.05, 4.69) is 5.32 Å². The highest BCUT2D eigenvalue weighted by atomic mass is 19.1. The number of hydrogen-bond acceptors (Lipinski definition) is 3. The first-order valence-corrected chi connectivity index (χ1v) is 6.02. The lowest BCUT2D eigenvalue weighted by molar-refractivity contribution is 0.584. The Morgan fingerprint density at radius 3 is 2.40 bits per heavy atom. The zero-order valence-corrected chi connectivity index (χ0v) is 10.8. The molecule has 0 radical (unpaired) electrons. The fraction of sp³-hybridized carbons (Fsp3) is 0.133. The van der Waals surface area contributed by atoms with Crippen LogP contribution in [0.5, 0.6) is 0 Å². The van der Waals surface area contributed by atoms with E-state index in [1.54, 1.807) is 31.2 Å². The van der Waals surface area contributed by atoms with Crippen LogP contribution in [-0.4, -0.2) is 0 Å². The second-order valence-corrected chi connectivity index (χ2v) is 4.46. The summed E-state index contributed by atoms with van der Waals surface area (Å²) in [6.45, 7) is 1.77. The lowest BCUT2D eigenvalue weighted by atomic mass is 10.1. The molecule has 0 aromatic heterocycles. The normalized spacial score (nSPS) is 11.7. The van der Waals surface area contributed by atoms with E-state index in [1.807, 2.05) is 6.07 Å². The summed E-state index contributed by atoms with van der Waals surface area (Å²) >= 11 is 0. The molecule has 0 spiro atoms. The van der Waals surface area contributed by atoms with E-state index in [4.69, 9.17) is 11.0 Å². The Morgan fingerprint density at radius 2 is 1.85 bits per heavy atom. The maximum Gasteiger partial charge on any atom is 0.150 e. The van der Waals surface area contributed by atoms with Crippen molar-refractivity contribution < 1.29 is 8.78 Å². The second kappa shape index (κ2) is 5.57. The van der Waals surface area contributed by atoms with Crippen LogP contribution in [0.1, 0.15) is 24.1 Å². The molecule has 3 N–H and O–H groups in total. The van der Waals surface area contributed by atoms with Gasteiger partial charge in [-0.05, 0) is 36.8 Å². The molecule has 0 fully saturated rings. The van der Waals surface area contributed by atoms with Crippen molar-refractivity contribution in [1.82, 2.24) is 0 Å². The first-order chi connectivity index (χ1) is 9.51. The van der Waals surface area contributed by atoms with Gasteiger partial charge in [-0.3, -0.25) is 0 Å². The number of halogens is 2. The number of hydrogen-bond donors (Lipinski definition) is 2. The molecule has 0 aliphatic carbocycles. The monoisotopic (exact) mass is 273 g/mol. The van der Waals surface area contributed by atoms with Gasteiger partial charge in [-0.15, -0.1) is 0 Å². The van der Waals surface area contributed by atoms with Crippen molar-refractivity contribution in [3.05, 3.63) is 59.2 Å². The van der Waals surface area contributed by atoms with Gasteiger partial charge in [0.1, 0.15) is 5.69 Å². The summed E-state index contributed by atoms with van der Waals surface area (Å²) in [5.74, 6) is -1.59. The standard InChI is InChI=1S/C15H13F2N3/c1-9(11-3-2-4-12(19)7-11)20-15-13(16)5-10(8-18)6-14(15)17/h2-7,9,20H,19H2,1H3. The molecule has 0 heterocycles. The Hall–Kier alpha value is -2.61. The quantitative estimate of drug-likeness (QED) is 0.840. The van der Waals surface area contributed by atoms with Gasteiger partial charge < -0.3 is 11.1 Å². The van der Waals surface area contributed by atoms with E-state index < -0.39 is 11.6 Å². The van der Waals surface area contributed by atoms with Gasteiger partial charge in [0.05, 0.1) is 11.6 Å². The van der Waals surface area contributed by atoms with E-state index in [1.165, 1.54) is 0 Å². The summed E-state index contributed by atoms with van der Waals surface area (Å²) in [6.07, 6.45) is 0. The third-order valence-corrected chi connectivity index (χ3v) is 2.94. The zero-order chi connectivity index (χ0) is 14.7. The Labute approximate surface area is 115 Å². The molecule has 5 heteroatoms. The number of nitrogen functional groups attached to an aromatic ring is 1. The average molecular weight is 273 g/mol. The molecule has 2 rings (SSSR count). The van der Waals surface area contributed by atoms with Crippen LogP contribution in [0.4, 0.5) is 20.2 Å². The highest BCUT2D eigenvalue weighted by Gasteiger charge is 2.14. The van der Waals surface area contributed by atoms with E-state index in [-0.39, 0.29) is 17.3 Å². The Balaban J connectivity index is 2.29. The fourth-order valence-corrected chi connectivity index (χ4v) is 1.90. The third-order valence-electron chi connectivity index (χ3n) is 2.94. The van der Waals surface area contributed by atoms with Crippen molar-refractivity contribution in [2.75, 3.05) is 11.1 Å². The van der Waals surface area contributed by atoms with Crippen LogP contribution in [-0.2, 0) is 0 Å². The summed E-state index contributed by atoms with van der Waals surface area (Å²) in [4.78, 5) is 0. The van der Waals surface area contributed by atoms with Crippen molar-refractivity contribution in [2.24, 2.45) is 0 Å². The molecule has 2 aromatic carbocycles. The summed E-state index contributed by atoms with van der Waals surface area (Å²) < 4.78 is 27.5. The molecule has 0 aliphatic heterocycles. The van der Waals surface area contributed by atoms with Crippen molar-refractivity contribution in [3.8, 4) is 6.07 Å². The maximum absolute atomic E-state index is 13.8. The summed E-state index contributed by atoms with van der Waals surface area (Å²) in [7, 11) is 0. The van der Waals surface area contributed by atoms with Gasteiger partial charge >= 0.3 is 0 Å². The van der Waals surface area contributed by atoms with Crippen LogP contribution >= 0.6 is 0 Å². The minimum atomic E-state index is -0.794. The minimum Gasteiger partial charge on any atom is -0.399 e. The van der Waals surface area contributed by atoms with Gasteiger partial charge in [0.2, 0.25) is 0 Å². The number of anilines is 2. The van der Waals surface area contributed by atoms with Crippen molar-refractivity contribution in [2.45, 2.75) is 13.0 Å². The SMILES string of the molecule is CC(Nc1c(F)cc(C#N)cc1F)c1cccc(N)c1. The number of nitriles is 1. The molecule has 0 amide bonds. The highest BCUT2D eigenvalue weighted by Crippen LogP contribution is 2.26. The van der Waals surface area contributed by atoms with E-state index in [0.717, 1.165) is 17.7 Å². The molecule has 1 unspecified atom stereocenters. The molecule has 2 aromatic rings. The van der Waals surface area contributed by atoms with Crippen molar-refractivity contribution in [1.29, 1.82) is 5.26 Å². The molecular weight excluding hydrogens is 260 g/mol. The fourth-order valence-electron chi connectivity index (χ4n) is 1.90. The minimum absolute atomic E-state index is 0.0536. The molecule has 0 saturated heterocycles. The van der Waals surface area contributed by atoms with E-state index in [0.29, 0.717) is 5.69 Å². The molecule has 0 saturated carbocycles. The highest BCUT2D eigenvalue weighted by molar-refractivity contribution is 5.52. The first kappa shape index (κ1) is 13.8. The smallest absolute Gasteiger partial charge is 0.150 e. The molecule has 20 heavy (non-hydrogen) atoms. The van der Waals surface area contributed by atoms with Gasteiger partial charge in [-0.25, -0.2) is 8.78 Å². The predicted molar refractivity (Wildman–Crippen MR) is 74.0 cm³/mol. The van der Waals surface area contributed by atoms with Crippen LogP contribution in [0.25, 0.3) is 0 Å². The van der Waals surface area contributed by atoms with Crippen LogP contribution < -0.4 is 11.1 Å². The van der Waals surface area contributed by atoms with E-state index >= 15 is 0 Å². The summed E-state index contributed by atoms with van der Waals surface area (Å²) in [5.41, 5.74) is 6.76. The maximum atomic E-state index is 13.8. The molecule has 102 valence electrons. The van der Waals surface area contributed by atoms with Gasteiger partial charge in [0.25, 0.3) is 0 Å². The van der Waals surface area contributed by atoms with Gasteiger partial charge in [0.15, 0.2) is 11.6 Å². The molecular formula is C15H13F2N3. The van der Waals surface area contributed by atoms with Crippen LogP contribution in [0.3, 0.4) is 0 Å². The lowest BCUT2D eigenvalue weighted by Crippen LogP contribution is -2.10. The van der Waals surface area contributed by atoms with Gasteiger partial charge in [0, 0.05) is 11.7 Å².